The number of urea groups is 1. The average Bonchev–Trinajstić information content (AvgIpc) is 2.71. The zero-order valence-electron chi connectivity index (χ0n) is 15.6. The Balaban J connectivity index is 1.36. The van der Waals surface area contributed by atoms with Crippen LogP contribution in [-0.4, -0.2) is 54.7 Å². The quantitative estimate of drug-likeness (QED) is 0.837. The number of benzene rings is 1. The lowest BCUT2D eigenvalue weighted by atomic mass is 10.1. The summed E-state index contributed by atoms with van der Waals surface area (Å²) in [6.45, 7) is 1.54. The molecule has 4 rings (SSSR count). The number of likely N-dealkylation sites (N-methyl/N-ethyl adjacent to an activating group) is 1. The number of carbonyl (C=O) groups is 2. The van der Waals surface area contributed by atoms with Crippen molar-refractivity contribution >= 4 is 29.3 Å². The van der Waals surface area contributed by atoms with Crippen molar-refractivity contribution in [2.45, 2.75) is 18.9 Å². The smallest absolute Gasteiger partial charge is 0.319 e. The van der Waals surface area contributed by atoms with Gasteiger partial charge < -0.3 is 25.2 Å². The zero-order chi connectivity index (χ0) is 19.5. The number of nitrogens with zero attached hydrogens (tertiary/aromatic N) is 4. The van der Waals surface area contributed by atoms with E-state index >= 15 is 0 Å². The molecule has 2 aliphatic rings. The van der Waals surface area contributed by atoms with Crippen molar-refractivity contribution in [3.8, 4) is 5.75 Å². The molecule has 3 amide bonds. The van der Waals surface area contributed by atoms with Crippen molar-refractivity contribution in [1.29, 1.82) is 0 Å². The number of fused-ring (bicyclic) bond motifs is 1. The lowest BCUT2D eigenvalue weighted by Gasteiger charge is -2.33. The van der Waals surface area contributed by atoms with Gasteiger partial charge in [0.25, 0.3) is 5.91 Å². The van der Waals surface area contributed by atoms with E-state index in [0.717, 1.165) is 19.4 Å². The van der Waals surface area contributed by atoms with Gasteiger partial charge in [0.1, 0.15) is 5.75 Å². The van der Waals surface area contributed by atoms with E-state index in [1.807, 2.05) is 0 Å². The number of hydrogen-bond acceptors (Lipinski definition) is 6. The molecule has 0 bridgehead atoms. The second-order valence-corrected chi connectivity index (χ2v) is 6.86. The van der Waals surface area contributed by atoms with Crippen LogP contribution in [0.1, 0.15) is 12.8 Å². The van der Waals surface area contributed by atoms with Crippen LogP contribution in [0.4, 0.5) is 22.1 Å². The molecule has 0 spiro atoms. The van der Waals surface area contributed by atoms with Crippen LogP contribution >= 0.6 is 0 Å². The summed E-state index contributed by atoms with van der Waals surface area (Å²) in [7, 11) is 1.70. The SMILES string of the molecule is CN1C(=O)COc2cc(NC(=O)N[C@@H]3CCCN(c4ncccn4)C3)ccc21. The Labute approximate surface area is 162 Å². The van der Waals surface area contributed by atoms with Crippen LogP contribution in [0.5, 0.6) is 5.75 Å². The molecule has 28 heavy (non-hydrogen) atoms. The summed E-state index contributed by atoms with van der Waals surface area (Å²) in [6.07, 6.45) is 5.29. The minimum Gasteiger partial charge on any atom is -0.481 e. The number of piperidine rings is 1. The van der Waals surface area contributed by atoms with Crippen molar-refractivity contribution in [1.82, 2.24) is 15.3 Å². The van der Waals surface area contributed by atoms with Gasteiger partial charge in [-0.1, -0.05) is 0 Å². The molecule has 2 N–H and O–H groups in total. The van der Waals surface area contributed by atoms with Gasteiger partial charge in [-0.05, 0) is 31.0 Å². The van der Waals surface area contributed by atoms with Crippen molar-refractivity contribution in [2.75, 3.05) is 41.9 Å². The van der Waals surface area contributed by atoms with Crippen LogP contribution in [0.2, 0.25) is 0 Å². The van der Waals surface area contributed by atoms with Gasteiger partial charge in [-0.3, -0.25) is 4.79 Å². The highest BCUT2D eigenvalue weighted by atomic mass is 16.5. The van der Waals surface area contributed by atoms with Crippen LogP contribution in [0.25, 0.3) is 0 Å². The first-order valence-corrected chi connectivity index (χ1v) is 9.23. The summed E-state index contributed by atoms with van der Waals surface area (Å²) in [5, 5.41) is 5.85. The Morgan fingerprint density at radius 1 is 1.29 bits per heavy atom. The van der Waals surface area contributed by atoms with E-state index in [0.29, 0.717) is 29.6 Å². The van der Waals surface area contributed by atoms with Gasteiger partial charge in [0, 0.05) is 50.3 Å². The van der Waals surface area contributed by atoms with Gasteiger partial charge in [-0.2, -0.15) is 0 Å². The van der Waals surface area contributed by atoms with Crippen molar-refractivity contribution in [2.24, 2.45) is 0 Å². The fraction of sp³-hybridized carbons (Fsp3) is 0.368. The molecule has 9 nitrogen and oxygen atoms in total. The van der Waals surface area contributed by atoms with E-state index in [1.54, 1.807) is 48.6 Å². The molecule has 0 unspecified atom stereocenters. The van der Waals surface area contributed by atoms with Crippen LogP contribution in [0.15, 0.2) is 36.7 Å². The van der Waals surface area contributed by atoms with Gasteiger partial charge >= 0.3 is 6.03 Å². The molecule has 2 aromatic rings. The number of anilines is 3. The molecule has 1 fully saturated rings. The third kappa shape index (κ3) is 3.83. The van der Waals surface area contributed by atoms with E-state index in [9.17, 15) is 9.59 Å². The summed E-state index contributed by atoms with van der Waals surface area (Å²) in [5.41, 5.74) is 1.30. The second kappa shape index (κ2) is 7.71. The second-order valence-electron chi connectivity index (χ2n) is 6.86. The number of nitrogens with one attached hydrogen (secondary N) is 2. The van der Waals surface area contributed by atoms with E-state index < -0.39 is 0 Å². The van der Waals surface area contributed by atoms with Crippen molar-refractivity contribution in [3.63, 3.8) is 0 Å². The van der Waals surface area contributed by atoms with Crippen LogP contribution in [0, 0.1) is 0 Å². The summed E-state index contributed by atoms with van der Waals surface area (Å²) in [5.74, 6) is 1.15. The first kappa shape index (κ1) is 18.0. The van der Waals surface area contributed by atoms with E-state index in [2.05, 4.69) is 25.5 Å². The highest BCUT2D eigenvalue weighted by molar-refractivity contribution is 5.98. The molecule has 1 aromatic carbocycles. The molecule has 3 heterocycles. The topological polar surface area (TPSA) is 99.7 Å². The third-order valence-electron chi connectivity index (χ3n) is 4.90. The Bertz CT molecular complexity index is 875. The van der Waals surface area contributed by atoms with Gasteiger partial charge in [0.2, 0.25) is 5.95 Å². The van der Waals surface area contributed by atoms with E-state index in [-0.39, 0.29) is 24.6 Å². The highest BCUT2D eigenvalue weighted by Gasteiger charge is 2.24. The zero-order valence-corrected chi connectivity index (χ0v) is 15.6. The first-order chi connectivity index (χ1) is 13.6. The highest BCUT2D eigenvalue weighted by Crippen LogP contribution is 2.33. The van der Waals surface area contributed by atoms with E-state index in [4.69, 9.17) is 4.74 Å². The largest absolute Gasteiger partial charge is 0.481 e. The maximum Gasteiger partial charge on any atom is 0.319 e. The summed E-state index contributed by atoms with van der Waals surface area (Å²) >= 11 is 0. The minimum atomic E-state index is -0.277. The molecule has 146 valence electrons. The lowest BCUT2D eigenvalue weighted by molar-refractivity contribution is -0.120. The molecule has 2 aliphatic heterocycles. The lowest BCUT2D eigenvalue weighted by Crippen LogP contribution is -2.49. The van der Waals surface area contributed by atoms with Crippen LogP contribution < -0.4 is 25.2 Å². The van der Waals surface area contributed by atoms with Gasteiger partial charge in [-0.15, -0.1) is 0 Å². The molecular formula is C19H22N6O3. The van der Waals surface area contributed by atoms with Crippen molar-refractivity contribution < 1.29 is 14.3 Å². The standard InChI is InChI=1S/C19H22N6O3/c1-24-15-6-5-13(10-16(15)28-12-17(24)26)22-19(27)23-14-4-2-9-25(11-14)18-20-7-3-8-21-18/h3,5-8,10,14H,2,4,9,11-12H2,1H3,(H2,22,23,27)/t14-/m1/s1. The van der Waals surface area contributed by atoms with Gasteiger partial charge in [-0.25, -0.2) is 14.8 Å². The number of aromatic nitrogens is 2. The molecule has 9 heteroatoms. The monoisotopic (exact) mass is 382 g/mol. The predicted molar refractivity (Wildman–Crippen MR) is 105 cm³/mol. The predicted octanol–water partition coefficient (Wildman–Crippen LogP) is 1.62. The van der Waals surface area contributed by atoms with Crippen molar-refractivity contribution in [3.05, 3.63) is 36.7 Å². The normalized spacial score (nSPS) is 18.9. The molecule has 0 saturated carbocycles. The molecular weight excluding hydrogens is 360 g/mol. The van der Waals surface area contributed by atoms with E-state index in [1.165, 1.54) is 0 Å². The molecule has 1 aromatic heterocycles. The number of rotatable bonds is 3. The minimum absolute atomic E-state index is 0.00137. The average molecular weight is 382 g/mol. The number of hydrogen-bond donors (Lipinski definition) is 2. The molecule has 1 atom stereocenters. The summed E-state index contributed by atoms with van der Waals surface area (Å²) < 4.78 is 5.46. The Kier molecular flexibility index (Phi) is 4.96. The third-order valence-corrected chi connectivity index (χ3v) is 4.90. The summed E-state index contributed by atoms with van der Waals surface area (Å²) in [4.78, 5) is 36.3. The fourth-order valence-corrected chi connectivity index (χ4v) is 3.44. The Hall–Kier alpha value is -3.36. The van der Waals surface area contributed by atoms with Crippen LogP contribution in [0.3, 0.4) is 0 Å². The fourth-order valence-electron chi connectivity index (χ4n) is 3.44. The molecule has 0 aliphatic carbocycles. The number of amides is 3. The van der Waals surface area contributed by atoms with Crippen LogP contribution in [-0.2, 0) is 4.79 Å². The Morgan fingerprint density at radius 3 is 2.93 bits per heavy atom. The Morgan fingerprint density at radius 2 is 2.11 bits per heavy atom. The first-order valence-electron chi connectivity index (χ1n) is 9.23. The maximum absolute atomic E-state index is 12.4. The maximum atomic E-state index is 12.4. The van der Waals surface area contributed by atoms with Gasteiger partial charge in [0.05, 0.1) is 5.69 Å². The number of carbonyl (C=O) groups excluding carboxylic acids is 2. The summed E-state index contributed by atoms with van der Waals surface area (Å²) in [6, 6.07) is 6.75. The van der Waals surface area contributed by atoms with Gasteiger partial charge in [0.15, 0.2) is 6.61 Å². The molecule has 0 radical (unpaired) electrons. The number of ether oxygens (including phenoxy) is 1. The molecule has 1 saturated heterocycles.